The summed E-state index contributed by atoms with van der Waals surface area (Å²) in [4.78, 5) is 14.8. The summed E-state index contributed by atoms with van der Waals surface area (Å²) in [6.45, 7) is 4.04. The van der Waals surface area contributed by atoms with Crippen LogP contribution in [0.3, 0.4) is 0 Å². The average molecular weight is 369 g/mol. The number of hydrogen-bond donors (Lipinski definition) is 0. The standard InChI is InChI=1S/C17H28N4O3S/c1-3-25(23,24)21-8-4-5-15(13-21)17(22)20-9-6-14(7-10-20)16-11-18-19(2)12-16/h11-12,14-15H,3-10,13H2,1-2H3. The van der Waals surface area contributed by atoms with Crippen molar-refractivity contribution in [3.8, 4) is 0 Å². The summed E-state index contributed by atoms with van der Waals surface area (Å²) in [5, 5.41) is 4.23. The quantitative estimate of drug-likeness (QED) is 0.800. The number of nitrogens with zero attached hydrogens (tertiary/aromatic N) is 4. The van der Waals surface area contributed by atoms with Gasteiger partial charge >= 0.3 is 0 Å². The van der Waals surface area contributed by atoms with Crippen molar-refractivity contribution in [3.63, 3.8) is 0 Å². The van der Waals surface area contributed by atoms with Crippen LogP contribution in [0, 0.1) is 5.92 Å². The zero-order valence-electron chi connectivity index (χ0n) is 15.1. The van der Waals surface area contributed by atoms with Gasteiger partial charge in [0.2, 0.25) is 15.9 Å². The fraction of sp³-hybridized carbons (Fsp3) is 0.765. The lowest BCUT2D eigenvalue weighted by Crippen LogP contribution is -2.48. The Hall–Kier alpha value is -1.41. The number of rotatable bonds is 4. The van der Waals surface area contributed by atoms with E-state index in [2.05, 4.69) is 11.3 Å². The molecular formula is C17H28N4O3S. The molecule has 1 aromatic heterocycles. The highest BCUT2D eigenvalue weighted by Gasteiger charge is 2.35. The van der Waals surface area contributed by atoms with Crippen LogP contribution in [0.4, 0.5) is 0 Å². The number of amides is 1. The lowest BCUT2D eigenvalue weighted by Gasteiger charge is -2.37. The Morgan fingerprint density at radius 3 is 2.56 bits per heavy atom. The molecule has 0 aromatic carbocycles. The molecule has 0 radical (unpaired) electrons. The third-order valence-electron chi connectivity index (χ3n) is 5.49. The van der Waals surface area contributed by atoms with E-state index in [9.17, 15) is 13.2 Å². The van der Waals surface area contributed by atoms with E-state index < -0.39 is 10.0 Å². The summed E-state index contributed by atoms with van der Waals surface area (Å²) in [7, 11) is -1.29. The number of sulfonamides is 1. The van der Waals surface area contributed by atoms with Gasteiger partial charge < -0.3 is 4.90 Å². The van der Waals surface area contributed by atoms with E-state index in [0.717, 1.165) is 38.8 Å². The molecule has 2 aliphatic rings. The van der Waals surface area contributed by atoms with Crippen molar-refractivity contribution >= 4 is 15.9 Å². The highest BCUT2D eigenvalue weighted by molar-refractivity contribution is 7.89. The normalized spacial score (nSPS) is 23.8. The molecule has 2 aliphatic heterocycles. The van der Waals surface area contributed by atoms with Crippen molar-refractivity contribution in [1.82, 2.24) is 19.0 Å². The number of carbonyl (C=O) groups is 1. The third-order valence-corrected chi connectivity index (χ3v) is 7.34. The Bertz CT molecular complexity index is 707. The third kappa shape index (κ3) is 4.06. The molecule has 7 nitrogen and oxygen atoms in total. The lowest BCUT2D eigenvalue weighted by molar-refractivity contribution is -0.137. The summed E-state index contributed by atoms with van der Waals surface area (Å²) in [5.74, 6) is 0.497. The van der Waals surface area contributed by atoms with Crippen molar-refractivity contribution < 1.29 is 13.2 Å². The topological polar surface area (TPSA) is 75.5 Å². The highest BCUT2D eigenvalue weighted by atomic mass is 32.2. The van der Waals surface area contributed by atoms with Gasteiger partial charge in [0, 0.05) is 39.4 Å². The van der Waals surface area contributed by atoms with Crippen LogP contribution < -0.4 is 0 Å². The number of likely N-dealkylation sites (tertiary alicyclic amines) is 1. The van der Waals surface area contributed by atoms with E-state index in [1.165, 1.54) is 9.87 Å². The predicted molar refractivity (Wildman–Crippen MR) is 95.5 cm³/mol. The second-order valence-corrected chi connectivity index (χ2v) is 9.40. The van der Waals surface area contributed by atoms with Crippen LogP contribution in [0.1, 0.15) is 44.1 Å². The molecule has 2 fully saturated rings. The number of piperidine rings is 2. The maximum absolute atomic E-state index is 12.8. The zero-order valence-corrected chi connectivity index (χ0v) is 15.9. The second kappa shape index (κ2) is 7.45. The van der Waals surface area contributed by atoms with Crippen LogP contribution >= 0.6 is 0 Å². The molecule has 2 saturated heterocycles. The molecule has 0 spiro atoms. The molecule has 140 valence electrons. The molecule has 0 saturated carbocycles. The fourth-order valence-corrected chi connectivity index (χ4v) is 5.10. The van der Waals surface area contributed by atoms with Gasteiger partial charge in [-0.2, -0.15) is 5.10 Å². The molecular weight excluding hydrogens is 340 g/mol. The molecule has 1 amide bonds. The van der Waals surface area contributed by atoms with E-state index in [4.69, 9.17) is 0 Å². The van der Waals surface area contributed by atoms with E-state index in [1.807, 2.05) is 22.8 Å². The van der Waals surface area contributed by atoms with Crippen LogP contribution in [0.25, 0.3) is 0 Å². The smallest absolute Gasteiger partial charge is 0.227 e. The molecule has 3 rings (SSSR count). The maximum Gasteiger partial charge on any atom is 0.227 e. The number of aryl methyl sites for hydroxylation is 1. The first-order valence-electron chi connectivity index (χ1n) is 9.16. The number of hydrogen-bond acceptors (Lipinski definition) is 4. The van der Waals surface area contributed by atoms with Crippen LogP contribution in [0.15, 0.2) is 12.4 Å². The molecule has 3 heterocycles. The first kappa shape index (κ1) is 18.4. The largest absolute Gasteiger partial charge is 0.342 e. The molecule has 0 N–H and O–H groups in total. The van der Waals surface area contributed by atoms with Crippen molar-refractivity contribution in [3.05, 3.63) is 18.0 Å². The molecule has 25 heavy (non-hydrogen) atoms. The van der Waals surface area contributed by atoms with Gasteiger partial charge in [0.25, 0.3) is 0 Å². The van der Waals surface area contributed by atoms with Crippen LogP contribution in [-0.2, 0) is 21.9 Å². The molecule has 1 atom stereocenters. The molecule has 8 heteroatoms. The first-order chi connectivity index (χ1) is 11.9. The van der Waals surface area contributed by atoms with Crippen molar-refractivity contribution in [1.29, 1.82) is 0 Å². The van der Waals surface area contributed by atoms with E-state index in [1.54, 1.807) is 6.92 Å². The molecule has 1 unspecified atom stereocenters. The minimum Gasteiger partial charge on any atom is -0.342 e. The molecule has 0 aliphatic carbocycles. The summed E-state index contributed by atoms with van der Waals surface area (Å²) in [6.07, 6.45) is 7.41. The van der Waals surface area contributed by atoms with Gasteiger partial charge in [-0.1, -0.05) is 0 Å². The number of aromatic nitrogens is 2. The van der Waals surface area contributed by atoms with Crippen LogP contribution in [-0.4, -0.2) is 65.2 Å². The highest BCUT2D eigenvalue weighted by Crippen LogP contribution is 2.29. The summed E-state index contributed by atoms with van der Waals surface area (Å²) in [5.41, 5.74) is 1.24. The van der Waals surface area contributed by atoms with Crippen molar-refractivity contribution in [2.75, 3.05) is 31.9 Å². The molecule has 0 bridgehead atoms. The van der Waals surface area contributed by atoms with Crippen molar-refractivity contribution in [2.45, 2.75) is 38.5 Å². The number of carbonyl (C=O) groups excluding carboxylic acids is 1. The van der Waals surface area contributed by atoms with E-state index in [-0.39, 0.29) is 17.6 Å². The van der Waals surface area contributed by atoms with E-state index in [0.29, 0.717) is 19.0 Å². The van der Waals surface area contributed by atoms with Gasteiger partial charge in [-0.15, -0.1) is 0 Å². The van der Waals surface area contributed by atoms with Gasteiger partial charge in [-0.25, -0.2) is 12.7 Å². The Kier molecular flexibility index (Phi) is 5.48. The van der Waals surface area contributed by atoms with Crippen LogP contribution in [0.2, 0.25) is 0 Å². The van der Waals surface area contributed by atoms with Gasteiger partial charge in [0.1, 0.15) is 0 Å². The maximum atomic E-state index is 12.8. The first-order valence-corrected chi connectivity index (χ1v) is 10.8. The summed E-state index contributed by atoms with van der Waals surface area (Å²) >= 11 is 0. The average Bonchev–Trinajstić information content (AvgIpc) is 3.08. The van der Waals surface area contributed by atoms with Gasteiger partial charge in [-0.05, 0) is 44.1 Å². The lowest BCUT2D eigenvalue weighted by atomic mass is 9.90. The van der Waals surface area contributed by atoms with E-state index >= 15 is 0 Å². The Labute approximate surface area is 150 Å². The summed E-state index contributed by atoms with van der Waals surface area (Å²) in [6, 6.07) is 0. The fourth-order valence-electron chi connectivity index (χ4n) is 3.92. The molecule has 1 aromatic rings. The minimum absolute atomic E-state index is 0.102. The Balaban J connectivity index is 1.57. The Morgan fingerprint density at radius 1 is 1.24 bits per heavy atom. The minimum atomic E-state index is -3.21. The summed E-state index contributed by atoms with van der Waals surface area (Å²) < 4.78 is 27.5. The predicted octanol–water partition coefficient (Wildman–Crippen LogP) is 1.19. The SMILES string of the molecule is CCS(=O)(=O)N1CCCC(C(=O)N2CCC(c3cnn(C)c3)CC2)C1. The second-order valence-electron chi connectivity index (χ2n) is 7.14. The van der Waals surface area contributed by atoms with Crippen LogP contribution in [0.5, 0.6) is 0 Å². The van der Waals surface area contributed by atoms with Gasteiger partial charge in [-0.3, -0.25) is 9.48 Å². The zero-order chi connectivity index (χ0) is 18.0. The van der Waals surface area contributed by atoms with Crippen molar-refractivity contribution in [2.24, 2.45) is 13.0 Å². The monoisotopic (exact) mass is 368 g/mol. The van der Waals surface area contributed by atoms with Gasteiger partial charge in [0.15, 0.2) is 0 Å². The van der Waals surface area contributed by atoms with Gasteiger partial charge in [0.05, 0.1) is 17.9 Å². The Morgan fingerprint density at radius 2 is 1.96 bits per heavy atom.